The van der Waals surface area contributed by atoms with Crippen LogP contribution in [0.1, 0.15) is 36.6 Å². The Morgan fingerprint density at radius 3 is 3.00 bits per heavy atom. The number of methoxy groups -OCH3 is 1. The summed E-state index contributed by atoms with van der Waals surface area (Å²) >= 11 is 0. The number of H-pyrrole nitrogens is 1. The number of hydrogen-bond acceptors (Lipinski definition) is 4. The van der Waals surface area contributed by atoms with Crippen LogP contribution in [0.25, 0.3) is 10.9 Å². The van der Waals surface area contributed by atoms with E-state index in [1.807, 2.05) is 0 Å². The molecule has 5 heteroatoms. The molecule has 5 atom stereocenters. The number of carbonyl (C=O) groups is 1. The number of ether oxygens (including phenoxy) is 1. The first-order valence-electron chi connectivity index (χ1n) is 9.76. The molecule has 1 aromatic heterocycles. The molecule has 0 amide bonds. The highest BCUT2D eigenvalue weighted by atomic mass is 16.5. The molecule has 1 saturated carbocycles. The monoisotopic (exact) mass is 354 g/mol. The number of aliphatic hydroxyl groups excluding tert-OH is 1. The van der Waals surface area contributed by atoms with E-state index < -0.39 is 6.10 Å². The second kappa shape index (κ2) is 6.10. The van der Waals surface area contributed by atoms with Crippen LogP contribution in [-0.2, 0) is 16.0 Å². The van der Waals surface area contributed by atoms with Crippen molar-refractivity contribution in [1.29, 1.82) is 0 Å². The number of aromatic amines is 1. The molecule has 2 N–H and O–H groups in total. The van der Waals surface area contributed by atoms with Crippen LogP contribution in [0.15, 0.2) is 24.3 Å². The molecule has 138 valence electrons. The second-order valence-corrected chi connectivity index (χ2v) is 8.18. The van der Waals surface area contributed by atoms with Crippen LogP contribution in [0.5, 0.6) is 0 Å². The Kier molecular flexibility index (Phi) is 3.83. The molecule has 0 spiro atoms. The Morgan fingerprint density at radius 1 is 1.31 bits per heavy atom. The average Bonchev–Trinajstić information content (AvgIpc) is 3.05. The zero-order valence-electron chi connectivity index (χ0n) is 15.1. The van der Waals surface area contributed by atoms with E-state index in [2.05, 4.69) is 34.1 Å². The first-order chi connectivity index (χ1) is 12.7. The maximum absolute atomic E-state index is 12.4. The van der Waals surface area contributed by atoms with Crippen molar-refractivity contribution < 1.29 is 14.6 Å². The minimum Gasteiger partial charge on any atom is -0.469 e. The predicted octanol–water partition coefficient (Wildman–Crippen LogP) is 2.65. The molecular weight excluding hydrogens is 328 g/mol. The van der Waals surface area contributed by atoms with Gasteiger partial charge in [-0.1, -0.05) is 18.2 Å². The maximum Gasteiger partial charge on any atom is 0.311 e. The Labute approximate surface area is 153 Å². The molecule has 0 bridgehead atoms. The van der Waals surface area contributed by atoms with Gasteiger partial charge in [-0.2, -0.15) is 0 Å². The van der Waals surface area contributed by atoms with E-state index >= 15 is 0 Å². The van der Waals surface area contributed by atoms with Crippen molar-refractivity contribution in [3.05, 3.63) is 35.5 Å². The number of aliphatic hydroxyl groups is 1. The van der Waals surface area contributed by atoms with E-state index in [0.29, 0.717) is 18.4 Å². The molecule has 2 aliphatic heterocycles. The van der Waals surface area contributed by atoms with Crippen molar-refractivity contribution in [3.63, 3.8) is 0 Å². The number of aromatic nitrogens is 1. The molecule has 2 aromatic rings. The quantitative estimate of drug-likeness (QED) is 0.773. The van der Waals surface area contributed by atoms with Crippen LogP contribution in [-0.4, -0.2) is 47.3 Å². The lowest BCUT2D eigenvalue weighted by Gasteiger charge is -2.50. The van der Waals surface area contributed by atoms with Crippen molar-refractivity contribution in [2.75, 3.05) is 20.2 Å². The van der Waals surface area contributed by atoms with Gasteiger partial charge in [0.05, 0.1) is 25.2 Å². The normalized spacial score (nSPS) is 34.0. The Bertz CT molecular complexity index is 845. The van der Waals surface area contributed by atoms with Gasteiger partial charge in [0.1, 0.15) is 0 Å². The molecule has 0 unspecified atom stereocenters. The standard InChI is InChI=1S/C21H26N2O3/c1-26-21(25)19-15-10-17-20-14(13-4-2-3-5-16(13)22-20)8-9-23(17)11-12(15)6-7-18(19)24/h2-5,12,15,17-19,22,24H,6-11H2,1H3/t12-,15-,17+,18+,19-/m0/s1. The highest BCUT2D eigenvalue weighted by Crippen LogP contribution is 2.49. The van der Waals surface area contributed by atoms with E-state index in [4.69, 9.17) is 4.74 Å². The van der Waals surface area contributed by atoms with Crippen LogP contribution in [0, 0.1) is 17.8 Å². The smallest absolute Gasteiger partial charge is 0.311 e. The minimum absolute atomic E-state index is 0.199. The molecule has 1 aromatic carbocycles. The third kappa shape index (κ3) is 2.33. The molecule has 26 heavy (non-hydrogen) atoms. The van der Waals surface area contributed by atoms with Gasteiger partial charge in [0.25, 0.3) is 0 Å². The highest BCUT2D eigenvalue weighted by Gasteiger charge is 2.49. The number of benzene rings is 1. The third-order valence-electron chi connectivity index (χ3n) is 7.02. The number of nitrogens with one attached hydrogen (secondary N) is 1. The summed E-state index contributed by atoms with van der Waals surface area (Å²) in [6, 6.07) is 8.83. The molecule has 3 heterocycles. The van der Waals surface area contributed by atoms with E-state index in [9.17, 15) is 9.90 Å². The molecule has 5 nitrogen and oxygen atoms in total. The molecular formula is C21H26N2O3. The number of esters is 1. The zero-order valence-corrected chi connectivity index (χ0v) is 15.1. The predicted molar refractivity (Wildman–Crippen MR) is 98.7 cm³/mol. The first kappa shape index (κ1) is 16.3. The summed E-state index contributed by atoms with van der Waals surface area (Å²) in [6.07, 6.45) is 3.14. The van der Waals surface area contributed by atoms with Gasteiger partial charge < -0.3 is 14.8 Å². The average molecular weight is 354 g/mol. The van der Waals surface area contributed by atoms with Gasteiger partial charge in [-0.3, -0.25) is 9.69 Å². The van der Waals surface area contributed by atoms with Crippen molar-refractivity contribution in [2.45, 2.75) is 37.8 Å². The molecule has 3 aliphatic rings. The van der Waals surface area contributed by atoms with Crippen LogP contribution in [0.3, 0.4) is 0 Å². The molecule has 0 radical (unpaired) electrons. The summed E-state index contributed by atoms with van der Waals surface area (Å²) in [6.45, 7) is 2.10. The number of hydrogen-bond donors (Lipinski definition) is 2. The van der Waals surface area contributed by atoms with Gasteiger partial charge >= 0.3 is 5.97 Å². The van der Waals surface area contributed by atoms with Crippen LogP contribution < -0.4 is 0 Å². The van der Waals surface area contributed by atoms with Gasteiger partial charge in [0, 0.05) is 29.7 Å². The lowest BCUT2D eigenvalue weighted by molar-refractivity contribution is -0.160. The highest BCUT2D eigenvalue weighted by molar-refractivity contribution is 5.85. The molecule has 1 saturated heterocycles. The van der Waals surface area contributed by atoms with E-state index in [-0.39, 0.29) is 17.8 Å². The third-order valence-corrected chi connectivity index (χ3v) is 7.02. The fourth-order valence-electron chi connectivity index (χ4n) is 5.80. The number of piperidine rings is 1. The Hall–Kier alpha value is -1.85. The number of fused-ring (bicyclic) bond motifs is 6. The van der Waals surface area contributed by atoms with Gasteiger partial charge in [-0.05, 0) is 49.1 Å². The van der Waals surface area contributed by atoms with Crippen LogP contribution in [0.4, 0.5) is 0 Å². The van der Waals surface area contributed by atoms with E-state index in [1.165, 1.54) is 29.3 Å². The number of nitrogens with zero attached hydrogens (tertiary/aromatic N) is 1. The SMILES string of the molecule is COC(=O)[C@H]1[C@H]2C[C@@H]3c4[nH]c5ccccc5c4CCN3C[C@@H]2CC[C@H]1O. The second-order valence-electron chi connectivity index (χ2n) is 8.18. The van der Waals surface area contributed by atoms with Crippen LogP contribution >= 0.6 is 0 Å². The lowest BCUT2D eigenvalue weighted by atomic mass is 9.65. The summed E-state index contributed by atoms with van der Waals surface area (Å²) in [7, 11) is 1.43. The molecule has 1 aliphatic carbocycles. The summed E-state index contributed by atoms with van der Waals surface area (Å²) in [5, 5.41) is 11.8. The van der Waals surface area contributed by atoms with Crippen molar-refractivity contribution in [2.24, 2.45) is 17.8 Å². The van der Waals surface area contributed by atoms with E-state index in [1.54, 1.807) is 0 Å². The zero-order chi connectivity index (χ0) is 17.8. The summed E-state index contributed by atoms with van der Waals surface area (Å²) < 4.78 is 5.04. The topological polar surface area (TPSA) is 65.6 Å². The largest absolute Gasteiger partial charge is 0.469 e. The maximum atomic E-state index is 12.4. The van der Waals surface area contributed by atoms with Crippen molar-refractivity contribution in [3.8, 4) is 0 Å². The summed E-state index contributed by atoms with van der Waals surface area (Å²) in [5.41, 5.74) is 3.96. The lowest BCUT2D eigenvalue weighted by Crippen LogP contribution is -2.53. The number of rotatable bonds is 1. The van der Waals surface area contributed by atoms with Crippen LogP contribution in [0.2, 0.25) is 0 Å². The van der Waals surface area contributed by atoms with Gasteiger partial charge in [-0.15, -0.1) is 0 Å². The fourth-order valence-corrected chi connectivity index (χ4v) is 5.80. The van der Waals surface area contributed by atoms with Gasteiger partial charge in [0.2, 0.25) is 0 Å². The Morgan fingerprint density at radius 2 is 2.15 bits per heavy atom. The number of carbonyl (C=O) groups excluding carboxylic acids is 1. The summed E-state index contributed by atoms with van der Waals surface area (Å²) in [4.78, 5) is 18.6. The minimum atomic E-state index is -0.568. The van der Waals surface area contributed by atoms with E-state index in [0.717, 1.165) is 32.4 Å². The first-order valence-corrected chi connectivity index (χ1v) is 9.76. The molecule has 5 rings (SSSR count). The fraction of sp³-hybridized carbons (Fsp3) is 0.571. The Balaban J connectivity index is 1.52. The van der Waals surface area contributed by atoms with Gasteiger partial charge in [-0.25, -0.2) is 0 Å². The van der Waals surface area contributed by atoms with Gasteiger partial charge in [0.15, 0.2) is 0 Å². The molecule has 2 fully saturated rings. The van der Waals surface area contributed by atoms with Crippen molar-refractivity contribution in [1.82, 2.24) is 9.88 Å². The number of para-hydroxylation sites is 1. The van der Waals surface area contributed by atoms with Crippen molar-refractivity contribution >= 4 is 16.9 Å². The summed E-state index contributed by atoms with van der Waals surface area (Å²) in [5.74, 6) is 0.0541.